The van der Waals surface area contributed by atoms with Crippen LogP contribution in [0.15, 0.2) is 84.0 Å². The summed E-state index contributed by atoms with van der Waals surface area (Å²) >= 11 is 6.16. The first-order valence-corrected chi connectivity index (χ1v) is 11.2. The fourth-order valence-corrected chi connectivity index (χ4v) is 4.00. The van der Waals surface area contributed by atoms with Crippen LogP contribution in [0.4, 0.5) is 4.39 Å². The van der Waals surface area contributed by atoms with Crippen LogP contribution in [-0.2, 0) is 11.4 Å². The van der Waals surface area contributed by atoms with Gasteiger partial charge in [0.2, 0.25) is 0 Å². The number of ether oxygens (including phenoxy) is 1. The van der Waals surface area contributed by atoms with Crippen LogP contribution in [0.5, 0.6) is 5.75 Å². The van der Waals surface area contributed by atoms with Crippen LogP contribution in [0.1, 0.15) is 17.5 Å². The second-order valence-electron chi connectivity index (χ2n) is 8.08. The summed E-state index contributed by atoms with van der Waals surface area (Å²) in [5, 5.41) is 15.5. The van der Waals surface area contributed by atoms with Gasteiger partial charge in [-0.25, -0.2) is 4.39 Å². The summed E-state index contributed by atoms with van der Waals surface area (Å²) in [5.74, 6) is 0.434. The van der Waals surface area contributed by atoms with Gasteiger partial charge in [-0.3, -0.25) is 4.90 Å². The summed E-state index contributed by atoms with van der Waals surface area (Å²) in [6.45, 7) is 1.72. The van der Waals surface area contributed by atoms with Crippen LogP contribution >= 0.6 is 11.6 Å². The van der Waals surface area contributed by atoms with Crippen molar-refractivity contribution in [2.45, 2.75) is 25.2 Å². The molecule has 0 saturated heterocycles. The molecule has 0 fully saturated rings. The third kappa shape index (κ3) is 7.02. The number of benzene rings is 3. The minimum absolute atomic E-state index is 0.175. The largest absolute Gasteiger partial charge is 0.491 e. The Balaban J connectivity index is 1.37. The van der Waals surface area contributed by atoms with E-state index in [2.05, 4.69) is 10.1 Å². The van der Waals surface area contributed by atoms with Gasteiger partial charge in [0.15, 0.2) is 0 Å². The van der Waals surface area contributed by atoms with Gasteiger partial charge >= 0.3 is 0 Å². The van der Waals surface area contributed by atoms with Gasteiger partial charge in [0, 0.05) is 31.1 Å². The minimum Gasteiger partial charge on any atom is -0.491 e. The first kappa shape index (κ1) is 23.2. The highest BCUT2D eigenvalue weighted by molar-refractivity contribution is 6.30. The Hall–Kier alpha value is -2.93. The van der Waals surface area contributed by atoms with Gasteiger partial charge in [-0.1, -0.05) is 59.2 Å². The van der Waals surface area contributed by atoms with Crippen LogP contribution < -0.4 is 4.74 Å². The van der Waals surface area contributed by atoms with E-state index in [0.29, 0.717) is 31.1 Å². The second kappa shape index (κ2) is 11.3. The third-order valence-electron chi connectivity index (χ3n) is 5.32. The lowest BCUT2D eigenvalue weighted by Gasteiger charge is -2.27. The molecule has 172 valence electrons. The van der Waals surface area contributed by atoms with E-state index in [-0.39, 0.29) is 18.5 Å². The average Bonchev–Trinajstić information content (AvgIpc) is 3.27. The Morgan fingerprint density at radius 2 is 1.88 bits per heavy atom. The lowest BCUT2D eigenvalue weighted by atomic mass is 10.0. The molecule has 0 radical (unpaired) electrons. The molecule has 3 aromatic carbocycles. The van der Waals surface area contributed by atoms with Gasteiger partial charge in [-0.05, 0) is 47.5 Å². The van der Waals surface area contributed by atoms with Gasteiger partial charge in [0.1, 0.15) is 30.4 Å². The number of aliphatic hydroxyl groups is 1. The highest BCUT2D eigenvalue weighted by Gasteiger charge is 2.26. The highest BCUT2D eigenvalue weighted by atomic mass is 35.5. The van der Waals surface area contributed by atoms with Crippen LogP contribution in [0, 0.1) is 5.82 Å². The minimum atomic E-state index is -0.691. The molecule has 1 aliphatic rings. The number of halogens is 2. The molecule has 0 spiro atoms. The molecule has 0 amide bonds. The molecule has 2 atom stereocenters. The van der Waals surface area contributed by atoms with Crippen molar-refractivity contribution in [3.63, 3.8) is 0 Å². The summed E-state index contributed by atoms with van der Waals surface area (Å²) in [6, 6.07) is 23.3. The lowest BCUT2D eigenvalue weighted by Crippen LogP contribution is -2.39. The van der Waals surface area contributed by atoms with Crippen LogP contribution in [0.2, 0.25) is 5.02 Å². The van der Waals surface area contributed by atoms with Crippen molar-refractivity contribution in [3.05, 3.63) is 101 Å². The number of hydrogen-bond acceptors (Lipinski definition) is 5. The predicted molar refractivity (Wildman–Crippen MR) is 127 cm³/mol. The molecular weight excluding hydrogens is 443 g/mol. The Bertz CT molecular complexity index is 1060. The molecular formula is C26H26ClFN2O3. The maximum Gasteiger partial charge on any atom is 0.145 e. The second-order valence-corrected chi connectivity index (χ2v) is 8.51. The molecule has 33 heavy (non-hydrogen) atoms. The Morgan fingerprint density at radius 3 is 2.64 bits per heavy atom. The Kier molecular flexibility index (Phi) is 7.94. The Morgan fingerprint density at radius 1 is 1.09 bits per heavy atom. The fourth-order valence-electron chi connectivity index (χ4n) is 3.78. The topological polar surface area (TPSA) is 54.3 Å². The van der Waals surface area contributed by atoms with E-state index in [0.717, 1.165) is 22.6 Å². The SMILES string of the molecule is O[C@H](COc1ccccc1)CN(Cc1cccc(Cl)c1)C[C@H]1CC(c2ccc(F)cc2)=NO1. The van der Waals surface area contributed by atoms with E-state index in [4.69, 9.17) is 21.2 Å². The van der Waals surface area contributed by atoms with Crippen molar-refractivity contribution in [2.24, 2.45) is 5.16 Å². The van der Waals surface area contributed by atoms with Crippen molar-refractivity contribution in [1.82, 2.24) is 4.90 Å². The number of nitrogens with zero attached hydrogens (tertiary/aromatic N) is 2. The van der Waals surface area contributed by atoms with Crippen molar-refractivity contribution in [1.29, 1.82) is 0 Å². The fraction of sp³-hybridized carbons (Fsp3) is 0.269. The molecule has 1 heterocycles. The highest BCUT2D eigenvalue weighted by Crippen LogP contribution is 2.20. The molecule has 3 aromatic rings. The molecule has 7 heteroatoms. The van der Waals surface area contributed by atoms with Crippen molar-refractivity contribution >= 4 is 17.3 Å². The van der Waals surface area contributed by atoms with Gasteiger partial charge in [-0.2, -0.15) is 0 Å². The van der Waals surface area contributed by atoms with E-state index in [9.17, 15) is 9.50 Å². The third-order valence-corrected chi connectivity index (χ3v) is 5.56. The standard InChI is InChI=1S/C26H26ClFN2O3/c27-21-6-4-5-19(13-21)15-30(16-23(31)18-32-24-7-2-1-3-8-24)17-25-14-26(29-33-25)20-9-11-22(28)12-10-20/h1-13,23,25,31H,14-18H2/t23-,25+/m0/s1. The zero-order chi connectivity index (χ0) is 23.0. The van der Waals surface area contributed by atoms with Crippen molar-refractivity contribution in [3.8, 4) is 5.75 Å². The van der Waals surface area contributed by atoms with Gasteiger partial charge in [0.25, 0.3) is 0 Å². The number of oxime groups is 1. The summed E-state index contributed by atoms with van der Waals surface area (Å²) in [5.41, 5.74) is 2.67. The first-order valence-electron chi connectivity index (χ1n) is 10.9. The summed E-state index contributed by atoms with van der Waals surface area (Å²) in [6.07, 6.45) is -0.261. The summed E-state index contributed by atoms with van der Waals surface area (Å²) < 4.78 is 18.9. The van der Waals surface area contributed by atoms with Crippen LogP contribution in [0.25, 0.3) is 0 Å². The maximum absolute atomic E-state index is 13.2. The molecule has 1 aliphatic heterocycles. The first-order chi connectivity index (χ1) is 16.0. The lowest BCUT2D eigenvalue weighted by molar-refractivity contribution is 0.0213. The van der Waals surface area contributed by atoms with Crippen molar-refractivity contribution < 1.29 is 19.1 Å². The molecule has 0 saturated carbocycles. The van der Waals surface area contributed by atoms with Gasteiger partial charge in [-0.15, -0.1) is 0 Å². The smallest absolute Gasteiger partial charge is 0.145 e. The summed E-state index contributed by atoms with van der Waals surface area (Å²) in [7, 11) is 0. The molecule has 0 bridgehead atoms. The molecule has 1 N–H and O–H groups in total. The summed E-state index contributed by atoms with van der Waals surface area (Å²) in [4.78, 5) is 7.78. The number of aliphatic hydroxyl groups excluding tert-OH is 1. The zero-order valence-electron chi connectivity index (χ0n) is 18.1. The maximum atomic E-state index is 13.2. The van der Waals surface area contributed by atoms with Gasteiger partial charge in [0.05, 0.1) is 5.71 Å². The van der Waals surface area contributed by atoms with E-state index in [1.807, 2.05) is 54.6 Å². The average molecular weight is 469 g/mol. The molecule has 0 aliphatic carbocycles. The van der Waals surface area contributed by atoms with Crippen LogP contribution in [-0.4, -0.2) is 47.6 Å². The number of para-hydroxylation sites is 1. The van der Waals surface area contributed by atoms with E-state index >= 15 is 0 Å². The molecule has 0 aromatic heterocycles. The van der Waals surface area contributed by atoms with E-state index < -0.39 is 6.10 Å². The molecule has 5 nitrogen and oxygen atoms in total. The quantitative estimate of drug-likeness (QED) is 0.459. The predicted octanol–water partition coefficient (Wildman–Crippen LogP) is 4.91. The van der Waals surface area contributed by atoms with Crippen LogP contribution in [0.3, 0.4) is 0 Å². The zero-order valence-corrected chi connectivity index (χ0v) is 18.9. The normalized spacial score (nSPS) is 16.4. The number of hydrogen-bond donors (Lipinski definition) is 1. The number of rotatable bonds is 10. The van der Waals surface area contributed by atoms with E-state index in [1.165, 1.54) is 12.1 Å². The van der Waals surface area contributed by atoms with Crippen molar-refractivity contribution in [2.75, 3.05) is 19.7 Å². The Labute approximate surface area is 198 Å². The van der Waals surface area contributed by atoms with Gasteiger partial charge < -0.3 is 14.7 Å². The molecule has 4 rings (SSSR count). The monoisotopic (exact) mass is 468 g/mol. The molecule has 0 unspecified atom stereocenters. The van der Waals surface area contributed by atoms with E-state index in [1.54, 1.807) is 12.1 Å².